The van der Waals surface area contributed by atoms with E-state index in [1.54, 1.807) is 6.92 Å². The molecule has 106 valence electrons. The van der Waals surface area contributed by atoms with Crippen LogP contribution in [0.5, 0.6) is 0 Å². The zero-order valence-electron chi connectivity index (χ0n) is 11.2. The van der Waals surface area contributed by atoms with Crippen LogP contribution in [-0.2, 0) is 0 Å². The van der Waals surface area contributed by atoms with Crippen LogP contribution in [-0.4, -0.2) is 45.2 Å². The Morgan fingerprint density at radius 3 is 2.75 bits per heavy atom. The molecule has 20 heavy (non-hydrogen) atoms. The summed E-state index contributed by atoms with van der Waals surface area (Å²) in [6, 6.07) is 9.91. The number of benzene rings is 1. The molecule has 0 bridgehead atoms. The highest BCUT2D eigenvalue weighted by Crippen LogP contribution is 2.32. The van der Waals surface area contributed by atoms with Gasteiger partial charge in [0.15, 0.2) is 0 Å². The Morgan fingerprint density at radius 2 is 2.05 bits per heavy atom. The van der Waals surface area contributed by atoms with Crippen LogP contribution < -0.4 is 4.90 Å². The summed E-state index contributed by atoms with van der Waals surface area (Å²) < 4.78 is 0. The Hall–Kier alpha value is -1.50. The minimum absolute atomic E-state index is 0.385. The summed E-state index contributed by atoms with van der Waals surface area (Å²) in [5.74, 6) is 0. The molecule has 1 fully saturated rings. The van der Waals surface area contributed by atoms with E-state index >= 15 is 0 Å². The van der Waals surface area contributed by atoms with Crippen molar-refractivity contribution < 1.29 is 10.2 Å². The van der Waals surface area contributed by atoms with E-state index in [1.165, 1.54) is 11.3 Å². The second-order valence-electron chi connectivity index (χ2n) is 5.32. The van der Waals surface area contributed by atoms with Crippen LogP contribution in [0, 0.1) is 0 Å². The first-order chi connectivity index (χ1) is 9.56. The normalized spacial score (nSPS) is 26.8. The van der Waals surface area contributed by atoms with Gasteiger partial charge in [-0.1, -0.05) is 41.7 Å². The van der Waals surface area contributed by atoms with Crippen molar-refractivity contribution in [3.8, 4) is 10.6 Å². The van der Waals surface area contributed by atoms with Gasteiger partial charge in [-0.3, -0.25) is 0 Å². The maximum atomic E-state index is 9.98. The molecule has 1 aliphatic heterocycles. The number of anilines is 1. The molecule has 0 saturated carbocycles. The van der Waals surface area contributed by atoms with Gasteiger partial charge in [-0.25, -0.2) is 0 Å². The topological polar surface area (TPSA) is 69.5 Å². The van der Waals surface area contributed by atoms with Gasteiger partial charge >= 0.3 is 0 Å². The lowest BCUT2D eigenvalue weighted by Crippen LogP contribution is -2.53. The van der Waals surface area contributed by atoms with Crippen LogP contribution in [0.3, 0.4) is 0 Å². The molecule has 1 saturated heterocycles. The maximum absolute atomic E-state index is 9.98. The molecule has 6 heteroatoms. The van der Waals surface area contributed by atoms with E-state index in [9.17, 15) is 10.2 Å². The number of hydrogen-bond acceptors (Lipinski definition) is 6. The molecule has 1 aliphatic rings. The second kappa shape index (κ2) is 5.12. The van der Waals surface area contributed by atoms with E-state index in [-0.39, 0.29) is 0 Å². The molecule has 2 aromatic rings. The number of hydrogen-bond donors (Lipinski definition) is 2. The predicted molar refractivity (Wildman–Crippen MR) is 78.8 cm³/mol. The molecule has 0 amide bonds. The highest BCUT2D eigenvalue weighted by molar-refractivity contribution is 7.18. The first-order valence-electron chi connectivity index (χ1n) is 6.60. The van der Waals surface area contributed by atoms with Crippen LogP contribution >= 0.6 is 11.3 Å². The van der Waals surface area contributed by atoms with Gasteiger partial charge in [0.2, 0.25) is 5.13 Å². The van der Waals surface area contributed by atoms with E-state index in [2.05, 4.69) is 10.2 Å². The number of piperidine rings is 1. The van der Waals surface area contributed by atoms with Crippen molar-refractivity contribution in [2.75, 3.05) is 18.0 Å². The second-order valence-corrected chi connectivity index (χ2v) is 6.28. The molecular formula is C14H17N3O2S. The Balaban J connectivity index is 1.78. The quantitative estimate of drug-likeness (QED) is 0.878. The number of aliphatic hydroxyl groups is 2. The van der Waals surface area contributed by atoms with Crippen LogP contribution in [0.15, 0.2) is 30.3 Å². The molecule has 1 aromatic carbocycles. The molecule has 0 unspecified atom stereocenters. The zero-order chi connectivity index (χ0) is 14.2. The summed E-state index contributed by atoms with van der Waals surface area (Å²) in [6.45, 7) is 2.73. The first kappa shape index (κ1) is 13.5. The van der Waals surface area contributed by atoms with E-state index < -0.39 is 11.7 Å². The fourth-order valence-electron chi connectivity index (χ4n) is 2.24. The number of rotatable bonds is 2. The Morgan fingerprint density at radius 1 is 1.30 bits per heavy atom. The van der Waals surface area contributed by atoms with Gasteiger partial charge in [-0.15, -0.1) is 10.2 Å². The summed E-state index contributed by atoms with van der Waals surface area (Å²) in [5, 5.41) is 30.0. The lowest BCUT2D eigenvalue weighted by Gasteiger charge is -2.39. The van der Waals surface area contributed by atoms with E-state index in [0.29, 0.717) is 19.5 Å². The fourth-order valence-corrected chi connectivity index (χ4v) is 3.12. The summed E-state index contributed by atoms with van der Waals surface area (Å²) in [4.78, 5) is 1.98. The largest absolute Gasteiger partial charge is 0.388 e. The lowest BCUT2D eigenvalue weighted by molar-refractivity contribution is -0.0721. The third-order valence-electron chi connectivity index (χ3n) is 3.70. The van der Waals surface area contributed by atoms with Crippen LogP contribution in [0.2, 0.25) is 0 Å². The molecule has 2 atom stereocenters. The van der Waals surface area contributed by atoms with Crippen molar-refractivity contribution in [2.45, 2.75) is 25.0 Å². The average Bonchev–Trinajstić information content (AvgIpc) is 2.93. The molecule has 1 aromatic heterocycles. The Labute approximate surface area is 121 Å². The average molecular weight is 291 g/mol. The van der Waals surface area contributed by atoms with E-state index in [1.807, 2.05) is 35.2 Å². The van der Waals surface area contributed by atoms with Crippen molar-refractivity contribution in [3.05, 3.63) is 30.3 Å². The number of nitrogens with zero attached hydrogens (tertiary/aromatic N) is 3. The number of β-amino-alcohol motifs (C(OH)–C–C–N with tert-alkyl or cyclic N) is 1. The van der Waals surface area contributed by atoms with Crippen LogP contribution in [0.4, 0.5) is 5.13 Å². The standard InChI is InChI=1S/C14H17N3O2S/c1-14(19)7-8-17(9-11(14)18)13-16-15-12(20-13)10-5-3-2-4-6-10/h2-6,11,18-19H,7-9H2,1H3/t11-,14-/m0/s1. The predicted octanol–water partition coefficient (Wildman–Crippen LogP) is 1.53. The molecule has 0 aliphatic carbocycles. The van der Waals surface area contributed by atoms with Gasteiger partial charge in [0.1, 0.15) is 5.01 Å². The molecule has 2 heterocycles. The smallest absolute Gasteiger partial charge is 0.208 e. The van der Waals surface area contributed by atoms with Crippen molar-refractivity contribution >= 4 is 16.5 Å². The third-order valence-corrected chi connectivity index (χ3v) is 4.74. The van der Waals surface area contributed by atoms with Crippen LogP contribution in [0.1, 0.15) is 13.3 Å². The maximum Gasteiger partial charge on any atom is 0.208 e. The summed E-state index contributed by atoms with van der Waals surface area (Å²) in [7, 11) is 0. The highest BCUT2D eigenvalue weighted by Gasteiger charge is 2.37. The lowest BCUT2D eigenvalue weighted by atomic mass is 9.91. The molecular weight excluding hydrogens is 274 g/mol. The minimum atomic E-state index is -1.01. The van der Waals surface area contributed by atoms with E-state index in [4.69, 9.17) is 0 Å². The van der Waals surface area contributed by atoms with Gasteiger partial charge in [-0.05, 0) is 13.3 Å². The van der Waals surface area contributed by atoms with Crippen molar-refractivity contribution in [2.24, 2.45) is 0 Å². The van der Waals surface area contributed by atoms with Crippen molar-refractivity contribution in [1.82, 2.24) is 10.2 Å². The van der Waals surface area contributed by atoms with Crippen molar-refractivity contribution in [1.29, 1.82) is 0 Å². The van der Waals surface area contributed by atoms with Gasteiger partial charge in [0.25, 0.3) is 0 Å². The SMILES string of the molecule is C[C@]1(O)CCN(c2nnc(-c3ccccc3)s2)C[C@@H]1O. The van der Waals surface area contributed by atoms with Crippen molar-refractivity contribution in [3.63, 3.8) is 0 Å². The Kier molecular flexibility index (Phi) is 3.45. The van der Waals surface area contributed by atoms with Gasteiger partial charge in [0.05, 0.1) is 11.7 Å². The summed E-state index contributed by atoms with van der Waals surface area (Å²) in [5.41, 5.74) is 0.0319. The third kappa shape index (κ3) is 2.54. The van der Waals surface area contributed by atoms with Gasteiger partial charge < -0.3 is 15.1 Å². The zero-order valence-corrected chi connectivity index (χ0v) is 12.0. The van der Waals surface area contributed by atoms with Gasteiger partial charge in [0, 0.05) is 18.7 Å². The molecule has 2 N–H and O–H groups in total. The highest BCUT2D eigenvalue weighted by atomic mass is 32.1. The van der Waals surface area contributed by atoms with Gasteiger partial charge in [-0.2, -0.15) is 0 Å². The van der Waals surface area contributed by atoms with Crippen LogP contribution in [0.25, 0.3) is 10.6 Å². The summed E-state index contributed by atoms with van der Waals surface area (Å²) in [6.07, 6.45) is -0.241. The molecule has 0 radical (unpaired) electrons. The Bertz CT molecular complexity index is 585. The molecule has 5 nitrogen and oxygen atoms in total. The fraction of sp³-hybridized carbons (Fsp3) is 0.429. The minimum Gasteiger partial charge on any atom is -0.388 e. The first-order valence-corrected chi connectivity index (χ1v) is 7.42. The number of aromatic nitrogens is 2. The van der Waals surface area contributed by atoms with E-state index in [0.717, 1.165) is 15.7 Å². The monoisotopic (exact) mass is 291 g/mol. The summed E-state index contributed by atoms with van der Waals surface area (Å²) >= 11 is 1.51. The molecule has 0 spiro atoms. The number of aliphatic hydroxyl groups excluding tert-OH is 1. The molecule has 3 rings (SSSR count).